The third-order valence-corrected chi connectivity index (χ3v) is 5.00. The van der Waals surface area contributed by atoms with Gasteiger partial charge in [-0.15, -0.1) is 24.0 Å². The lowest BCUT2D eigenvalue weighted by Crippen LogP contribution is -2.42. The van der Waals surface area contributed by atoms with Crippen molar-refractivity contribution in [3.63, 3.8) is 0 Å². The summed E-state index contributed by atoms with van der Waals surface area (Å²) in [6, 6.07) is 9.13. The highest BCUT2D eigenvalue weighted by Gasteiger charge is 2.24. The van der Waals surface area contributed by atoms with Crippen LogP contribution in [0, 0.1) is 6.92 Å². The Morgan fingerprint density at radius 1 is 1.36 bits per heavy atom. The molecule has 0 saturated heterocycles. The van der Waals surface area contributed by atoms with Gasteiger partial charge in [0.25, 0.3) is 0 Å². The number of hydrogen-bond donors (Lipinski definition) is 2. The van der Waals surface area contributed by atoms with Crippen LogP contribution in [0.4, 0.5) is 0 Å². The maximum atomic E-state index is 4.73. The average molecular weight is 433 g/mol. The molecule has 5 heteroatoms. The van der Waals surface area contributed by atoms with Gasteiger partial charge < -0.3 is 10.6 Å². The Morgan fingerprint density at radius 2 is 2.18 bits per heavy atom. The first-order valence-electron chi connectivity index (χ1n) is 7.84. The van der Waals surface area contributed by atoms with Gasteiger partial charge in [0, 0.05) is 17.8 Å². The molecule has 0 heterocycles. The molecule has 1 aliphatic rings. The molecular formula is C17H28IN3S. The zero-order valence-electron chi connectivity index (χ0n) is 13.8. The summed E-state index contributed by atoms with van der Waals surface area (Å²) in [6.45, 7) is 5.87. The number of aliphatic imine (C=N–C) groups is 1. The molecule has 2 unspecified atom stereocenters. The highest BCUT2D eigenvalue weighted by Crippen LogP contribution is 2.28. The fourth-order valence-corrected chi connectivity index (χ4v) is 3.58. The van der Waals surface area contributed by atoms with E-state index in [1.807, 2.05) is 11.8 Å². The Bertz CT molecular complexity index is 479. The molecule has 0 spiro atoms. The fourth-order valence-electron chi connectivity index (χ4n) is 2.78. The summed E-state index contributed by atoms with van der Waals surface area (Å²) in [7, 11) is 0. The highest BCUT2D eigenvalue weighted by atomic mass is 127. The summed E-state index contributed by atoms with van der Waals surface area (Å²) >= 11 is 1.99. The second-order valence-electron chi connectivity index (χ2n) is 5.70. The van der Waals surface area contributed by atoms with Crippen molar-refractivity contribution in [3.8, 4) is 0 Å². The van der Waals surface area contributed by atoms with Crippen LogP contribution in [0.25, 0.3) is 0 Å². The molecule has 2 rings (SSSR count). The van der Waals surface area contributed by atoms with Crippen LogP contribution in [0.3, 0.4) is 0 Å². The van der Waals surface area contributed by atoms with Crippen molar-refractivity contribution in [1.29, 1.82) is 0 Å². The Balaban J connectivity index is 0.00000242. The topological polar surface area (TPSA) is 36.4 Å². The number of guanidine groups is 1. The number of nitrogens with zero attached hydrogens (tertiary/aromatic N) is 1. The minimum absolute atomic E-state index is 0. The Labute approximate surface area is 156 Å². The number of hydrogen-bond acceptors (Lipinski definition) is 2. The molecule has 0 bridgehead atoms. The van der Waals surface area contributed by atoms with Gasteiger partial charge in [0.2, 0.25) is 0 Å². The van der Waals surface area contributed by atoms with Gasteiger partial charge in [0.05, 0.1) is 6.54 Å². The zero-order chi connectivity index (χ0) is 15.1. The second kappa shape index (κ2) is 10.4. The third kappa shape index (κ3) is 6.36. The van der Waals surface area contributed by atoms with Gasteiger partial charge >= 0.3 is 0 Å². The van der Waals surface area contributed by atoms with Gasteiger partial charge in [0.15, 0.2) is 5.96 Å². The lowest BCUT2D eigenvalue weighted by atomic mass is 10.1. The largest absolute Gasteiger partial charge is 0.357 e. The summed E-state index contributed by atoms with van der Waals surface area (Å²) < 4.78 is 0. The Morgan fingerprint density at radius 3 is 2.82 bits per heavy atom. The third-order valence-electron chi connectivity index (χ3n) is 3.91. The van der Waals surface area contributed by atoms with E-state index in [-0.39, 0.29) is 24.0 Å². The van der Waals surface area contributed by atoms with Crippen molar-refractivity contribution in [2.24, 2.45) is 4.99 Å². The van der Waals surface area contributed by atoms with E-state index in [2.05, 4.69) is 55.0 Å². The molecule has 3 nitrogen and oxygen atoms in total. The average Bonchev–Trinajstić information content (AvgIpc) is 2.93. The Kier molecular flexibility index (Phi) is 9.24. The SMILES string of the molecule is CCNC(=NCc1cccc(C)c1)NC1CCC(SC)C1.I. The first-order chi connectivity index (χ1) is 10.2. The van der Waals surface area contributed by atoms with E-state index in [1.165, 1.54) is 30.4 Å². The second-order valence-corrected chi connectivity index (χ2v) is 6.83. The summed E-state index contributed by atoms with van der Waals surface area (Å²) in [5.41, 5.74) is 2.56. The van der Waals surface area contributed by atoms with Gasteiger partial charge in [-0.1, -0.05) is 29.8 Å². The van der Waals surface area contributed by atoms with Gasteiger partial charge in [-0.05, 0) is 44.9 Å². The molecule has 1 saturated carbocycles. The number of rotatable bonds is 5. The van der Waals surface area contributed by atoms with E-state index in [4.69, 9.17) is 4.99 Å². The molecule has 0 aromatic heterocycles. The molecule has 1 aromatic carbocycles. The summed E-state index contributed by atoms with van der Waals surface area (Å²) in [5, 5.41) is 7.76. The predicted molar refractivity (Wildman–Crippen MR) is 109 cm³/mol. The van der Waals surface area contributed by atoms with Crippen molar-refractivity contribution >= 4 is 41.7 Å². The fraction of sp³-hybridized carbons (Fsp3) is 0.588. The maximum absolute atomic E-state index is 4.73. The first-order valence-corrected chi connectivity index (χ1v) is 9.13. The van der Waals surface area contributed by atoms with Crippen LogP contribution >= 0.6 is 35.7 Å². The highest BCUT2D eigenvalue weighted by molar-refractivity contribution is 14.0. The van der Waals surface area contributed by atoms with Gasteiger partial charge in [-0.3, -0.25) is 0 Å². The van der Waals surface area contributed by atoms with Gasteiger partial charge in [0.1, 0.15) is 0 Å². The number of nitrogens with one attached hydrogen (secondary N) is 2. The number of aryl methyl sites for hydroxylation is 1. The summed E-state index contributed by atoms with van der Waals surface area (Å²) in [4.78, 5) is 4.73. The van der Waals surface area contributed by atoms with E-state index in [1.54, 1.807) is 0 Å². The monoisotopic (exact) mass is 433 g/mol. The van der Waals surface area contributed by atoms with Crippen LogP contribution in [0.1, 0.15) is 37.3 Å². The molecule has 1 aliphatic carbocycles. The van der Waals surface area contributed by atoms with Gasteiger partial charge in [-0.2, -0.15) is 11.8 Å². The normalized spacial score (nSPS) is 21.3. The number of thioether (sulfide) groups is 1. The minimum Gasteiger partial charge on any atom is -0.357 e. The Hall–Kier alpha value is -0.430. The van der Waals surface area contributed by atoms with Crippen molar-refractivity contribution in [3.05, 3.63) is 35.4 Å². The number of halogens is 1. The van der Waals surface area contributed by atoms with Crippen molar-refractivity contribution in [1.82, 2.24) is 10.6 Å². The molecule has 124 valence electrons. The van der Waals surface area contributed by atoms with Crippen LogP contribution < -0.4 is 10.6 Å². The van der Waals surface area contributed by atoms with E-state index < -0.39 is 0 Å². The number of benzene rings is 1. The van der Waals surface area contributed by atoms with Crippen LogP contribution in [0.15, 0.2) is 29.3 Å². The van der Waals surface area contributed by atoms with Crippen molar-refractivity contribution in [2.75, 3.05) is 12.8 Å². The molecule has 22 heavy (non-hydrogen) atoms. The van der Waals surface area contributed by atoms with E-state index >= 15 is 0 Å². The maximum Gasteiger partial charge on any atom is 0.191 e. The van der Waals surface area contributed by atoms with Crippen molar-refractivity contribution in [2.45, 2.75) is 50.9 Å². The molecular weight excluding hydrogens is 405 g/mol. The molecule has 2 atom stereocenters. The van der Waals surface area contributed by atoms with Crippen LogP contribution in [-0.2, 0) is 6.54 Å². The van der Waals surface area contributed by atoms with Crippen molar-refractivity contribution < 1.29 is 0 Å². The van der Waals surface area contributed by atoms with Crippen LogP contribution in [0.5, 0.6) is 0 Å². The van der Waals surface area contributed by atoms with E-state index in [0.29, 0.717) is 6.04 Å². The van der Waals surface area contributed by atoms with E-state index in [9.17, 15) is 0 Å². The predicted octanol–water partition coefficient (Wildman–Crippen LogP) is 3.95. The smallest absolute Gasteiger partial charge is 0.191 e. The van der Waals surface area contributed by atoms with Crippen LogP contribution in [-0.4, -0.2) is 30.1 Å². The lowest BCUT2D eigenvalue weighted by molar-refractivity contribution is 0.615. The molecule has 0 amide bonds. The zero-order valence-corrected chi connectivity index (χ0v) is 16.9. The first kappa shape index (κ1) is 19.6. The lowest BCUT2D eigenvalue weighted by Gasteiger charge is -2.17. The summed E-state index contributed by atoms with van der Waals surface area (Å²) in [5.74, 6) is 0.950. The standard InChI is InChI=1S/C17H27N3S.HI/c1-4-18-17(20-15-8-9-16(11-15)21-3)19-12-14-7-5-6-13(2)10-14;/h5-7,10,15-16H,4,8-9,11-12H2,1-3H3,(H2,18,19,20);1H. The van der Waals surface area contributed by atoms with Crippen LogP contribution in [0.2, 0.25) is 0 Å². The quantitative estimate of drug-likeness (QED) is 0.420. The molecule has 0 aliphatic heterocycles. The molecule has 1 fully saturated rings. The summed E-state index contributed by atoms with van der Waals surface area (Å²) in [6.07, 6.45) is 6.02. The molecule has 0 radical (unpaired) electrons. The minimum atomic E-state index is 0. The van der Waals surface area contributed by atoms with E-state index in [0.717, 1.165) is 24.3 Å². The molecule has 2 N–H and O–H groups in total. The van der Waals surface area contributed by atoms with Gasteiger partial charge in [-0.25, -0.2) is 4.99 Å². The molecule has 1 aromatic rings.